The molecule has 1 heterocycles. The second kappa shape index (κ2) is 5.50. The Kier molecular flexibility index (Phi) is 3.78. The van der Waals surface area contributed by atoms with Crippen molar-refractivity contribution in [1.82, 2.24) is 10.4 Å². The summed E-state index contributed by atoms with van der Waals surface area (Å²) < 4.78 is 13.3. The van der Waals surface area contributed by atoms with Crippen molar-refractivity contribution in [3.8, 4) is 0 Å². The number of aryl methyl sites for hydroxylation is 1. The zero-order chi connectivity index (χ0) is 13.0. The topological polar surface area (TPSA) is 54.4 Å². The van der Waals surface area contributed by atoms with E-state index >= 15 is 0 Å². The minimum atomic E-state index is -0.587. The Labute approximate surface area is 107 Å². The molecule has 0 saturated heterocycles. The van der Waals surface area contributed by atoms with Gasteiger partial charge in [-0.25, -0.2) is 14.8 Å². The van der Waals surface area contributed by atoms with Gasteiger partial charge in [0.15, 0.2) is 0 Å². The summed E-state index contributed by atoms with van der Waals surface area (Å²) in [6, 6.07) is 5.73. The zero-order valence-electron chi connectivity index (χ0n) is 9.55. The van der Waals surface area contributed by atoms with Crippen LogP contribution in [0.3, 0.4) is 0 Å². The van der Waals surface area contributed by atoms with E-state index in [4.69, 9.17) is 0 Å². The van der Waals surface area contributed by atoms with Gasteiger partial charge in [0.1, 0.15) is 5.82 Å². The predicted octanol–water partition coefficient (Wildman–Crippen LogP) is 2.35. The molecular formula is C12H10FN3OS. The highest BCUT2D eigenvalue weighted by molar-refractivity contribution is 7.09. The first kappa shape index (κ1) is 12.4. The number of hydrazone groups is 1. The third kappa shape index (κ3) is 2.98. The van der Waals surface area contributed by atoms with Crippen molar-refractivity contribution in [2.75, 3.05) is 0 Å². The van der Waals surface area contributed by atoms with Gasteiger partial charge in [-0.05, 0) is 19.1 Å². The van der Waals surface area contributed by atoms with Crippen molar-refractivity contribution < 1.29 is 9.18 Å². The molecule has 92 valence electrons. The van der Waals surface area contributed by atoms with Crippen molar-refractivity contribution in [3.63, 3.8) is 0 Å². The van der Waals surface area contributed by atoms with Gasteiger partial charge in [-0.3, -0.25) is 4.79 Å². The molecule has 6 heteroatoms. The third-order valence-electron chi connectivity index (χ3n) is 2.12. The third-order valence-corrected chi connectivity index (χ3v) is 2.91. The van der Waals surface area contributed by atoms with Crippen molar-refractivity contribution >= 4 is 23.5 Å². The Balaban J connectivity index is 2.01. The number of hydrogen-bond acceptors (Lipinski definition) is 4. The Bertz CT molecular complexity index is 595. The van der Waals surface area contributed by atoms with Crippen LogP contribution in [0.5, 0.6) is 0 Å². The first-order valence-electron chi connectivity index (χ1n) is 5.17. The summed E-state index contributed by atoms with van der Waals surface area (Å²) in [5, 5.41) is 6.45. The fraction of sp³-hybridized carbons (Fsp3) is 0.0833. The molecule has 0 aliphatic carbocycles. The van der Waals surface area contributed by atoms with Crippen LogP contribution in [0, 0.1) is 12.7 Å². The fourth-order valence-corrected chi connectivity index (χ4v) is 1.87. The van der Waals surface area contributed by atoms with Crippen LogP contribution in [0.2, 0.25) is 0 Å². The minimum absolute atomic E-state index is 0.0379. The summed E-state index contributed by atoms with van der Waals surface area (Å²) in [5.41, 5.74) is 2.87. The lowest BCUT2D eigenvalue weighted by atomic mass is 10.2. The number of aromatic nitrogens is 1. The second-order valence-electron chi connectivity index (χ2n) is 3.47. The van der Waals surface area contributed by atoms with Crippen molar-refractivity contribution in [2.45, 2.75) is 6.92 Å². The Morgan fingerprint density at radius 1 is 1.50 bits per heavy atom. The molecule has 2 aromatic rings. The van der Waals surface area contributed by atoms with Crippen LogP contribution in [0.25, 0.3) is 0 Å². The summed E-state index contributed by atoms with van der Waals surface area (Å²) in [4.78, 5) is 15.7. The molecule has 1 amide bonds. The molecule has 1 N–H and O–H groups in total. The number of hydrogen-bond donors (Lipinski definition) is 1. The van der Waals surface area contributed by atoms with Gasteiger partial charge in [0.25, 0.3) is 5.91 Å². The number of amides is 1. The average molecular weight is 263 g/mol. The smallest absolute Gasteiger partial charge is 0.267 e. The highest BCUT2D eigenvalue weighted by atomic mass is 32.1. The van der Waals surface area contributed by atoms with Crippen LogP contribution in [-0.4, -0.2) is 17.1 Å². The number of nitrogens with zero attached hydrogens (tertiary/aromatic N) is 2. The molecule has 0 spiro atoms. The molecule has 4 nitrogen and oxygen atoms in total. The molecule has 2 rings (SSSR count). The van der Waals surface area contributed by atoms with E-state index in [-0.39, 0.29) is 5.56 Å². The summed E-state index contributed by atoms with van der Waals surface area (Å²) in [6.45, 7) is 1.87. The van der Waals surface area contributed by atoms with Crippen LogP contribution in [-0.2, 0) is 0 Å². The van der Waals surface area contributed by atoms with Gasteiger partial charge in [0.2, 0.25) is 0 Å². The summed E-state index contributed by atoms with van der Waals surface area (Å²) in [5.74, 6) is -1.16. The second-order valence-corrected chi connectivity index (χ2v) is 4.53. The molecule has 18 heavy (non-hydrogen) atoms. The van der Waals surface area contributed by atoms with Gasteiger partial charge in [-0.2, -0.15) is 5.10 Å². The lowest BCUT2D eigenvalue weighted by Crippen LogP contribution is -2.18. The number of rotatable bonds is 3. The first-order chi connectivity index (χ1) is 8.66. The quantitative estimate of drug-likeness (QED) is 0.682. The number of benzene rings is 1. The highest BCUT2D eigenvalue weighted by Crippen LogP contribution is 2.06. The Hall–Kier alpha value is -2.08. The number of thiazole rings is 1. The molecule has 0 fully saturated rings. The van der Waals surface area contributed by atoms with Gasteiger partial charge in [0, 0.05) is 5.38 Å². The van der Waals surface area contributed by atoms with Crippen LogP contribution in [0.4, 0.5) is 4.39 Å². The first-order valence-corrected chi connectivity index (χ1v) is 6.05. The minimum Gasteiger partial charge on any atom is -0.267 e. The number of halogens is 1. The van der Waals surface area contributed by atoms with Crippen molar-refractivity contribution in [1.29, 1.82) is 0 Å². The largest absolute Gasteiger partial charge is 0.274 e. The van der Waals surface area contributed by atoms with Gasteiger partial charge in [-0.15, -0.1) is 11.3 Å². The normalized spacial score (nSPS) is 10.8. The van der Waals surface area contributed by atoms with Crippen molar-refractivity contribution in [2.24, 2.45) is 5.10 Å². The molecule has 0 bridgehead atoms. The summed E-state index contributed by atoms with van der Waals surface area (Å²) in [7, 11) is 0. The van der Waals surface area contributed by atoms with Gasteiger partial charge in [-0.1, -0.05) is 12.1 Å². The van der Waals surface area contributed by atoms with Gasteiger partial charge < -0.3 is 0 Å². The lowest BCUT2D eigenvalue weighted by Gasteiger charge is -1.99. The van der Waals surface area contributed by atoms with Crippen molar-refractivity contribution in [3.05, 3.63) is 51.7 Å². The average Bonchev–Trinajstić information content (AvgIpc) is 2.75. The van der Waals surface area contributed by atoms with Crippen LogP contribution < -0.4 is 5.43 Å². The standard InChI is InChI=1S/C12H10FN3OS/c1-8-15-9(7-18-8)6-14-16-12(17)10-4-2-3-5-11(10)13/h2-7H,1H3,(H,16,17)/b14-6-. The summed E-state index contributed by atoms with van der Waals surface area (Å²) in [6.07, 6.45) is 1.42. The molecule has 0 unspecified atom stereocenters. The predicted molar refractivity (Wildman–Crippen MR) is 68.3 cm³/mol. The van der Waals surface area contributed by atoms with E-state index in [1.165, 1.54) is 35.8 Å². The SMILES string of the molecule is Cc1nc(/C=N\NC(=O)c2ccccc2F)cs1. The molecular weight excluding hydrogens is 253 g/mol. The monoisotopic (exact) mass is 263 g/mol. The molecule has 1 aromatic heterocycles. The highest BCUT2D eigenvalue weighted by Gasteiger charge is 2.09. The maximum atomic E-state index is 13.3. The van der Waals surface area contributed by atoms with E-state index < -0.39 is 11.7 Å². The molecule has 0 aliphatic heterocycles. The lowest BCUT2D eigenvalue weighted by molar-refractivity contribution is 0.0951. The van der Waals surface area contributed by atoms with Crippen LogP contribution in [0.1, 0.15) is 21.1 Å². The van der Waals surface area contributed by atoms with Gasteiger partial charge in [0.05, 0.1) is 22.5 Å². The van der Waals surface area contributed by atoms with Crippen LogP contribution >= 0.6 is 11.3 Å². The molecule has 0 saturated carbocycles. The maximum absolute atomic E-state index is 13.3. The fourth-order valence-electron chi connectivity index (χ4n) is 1.30. The summed E-state index contributed by atoms with van der Waals surface area (Å²) >= 11 is 1.49. The van der Waals surface area contributed by atoms with E-state index in [1.807, 2.05) is 12.3 Å². The zero-order valence-corrected chi connectivity index (χ0v) is 10.4. The molecule has 0 aliphatic rings. The Morgan fingerprint density at radius 2 is 2.28 bits per heavy atom. The van der Waals surface area contributed by atoms with Crippen LogP contribution in [0.15, 0.2) is 34.7 Å². The van der Waals surface area contributed by atoms with E-state index in [1.54, 1.807) is 6.07 Å². The number of carbonyl (C=O) groups excluding carboxylic acids is 1. The van der Waals surface area contributed by atoms with Gasteiger partial charge >= 0.3 is 0 Å². The maximum Gasteiger partial charge on any atom is 0.274 e. The van der Waals surface area contributed by atoms with E-state index in [0.29, 0.717) is 5.69 Å². The van der Waals surface area contributed by atoms with E-state index in [0.717, 1.165) is 5.01 Å². The van der Waals surface area contributed by atoms with E-state index in [9.17, 15) is 9.18 Å². The molecule has 0 radical (unpaired) electrons. The molecule has 1 aromatic carbocycles. The van der Waals surface area contributed by atoms with E-state index in [2.05, 4.69) is 15.5 Å². The number of carbonyl (C=O) groups is 1. The Morgan fingerprint density at radius 3 is 2.94 bits per heavy atom. The number of nitrogens with one attached hydrogen (secondary N) is 1. The molecule has 0 atom stereocenters.